The number of carboxylic acids is 1. The monoisotopic (exact) mass is 275 g/mol. The van der Waals surface area contributed by atoms with Crippen LogP contribution >= 0.6 is 0 Å². The van der Waals surface area contributed by atoms with E-state index in [4.69, 9.17) is 9.84 Å². The van der Waals surface area contributed by atoms with Gasteiger partial charge in [-0.1, -0.05) is 24.6 Å². The summed E-state index contributed by atoms with van der Waals surface area (Å²) in [6.45, 7) is 2.64. The van der Waals surface area contributed by atoms with Crippen LogP contribution in [0.3, 0.4) is 0 Å². The second kappa shape index (κ2) is 5.83. The molecule has 4 nitrogen and oxygen atoms in total. The van der Waals surface area contributed by atoms with Gasteiger partial charge in [0.2, 0.25) is 0 Å². The maximum atomic E-state index is 11.0. The number of para-hydroxylation sites is 1. The van der Waals surface area contributed by atoms with Gasteiger partial charge in [-0.15, -0.1) is 0 Å². The topological polar surface area (TPSA) is 49.8 Å². The Kier molecular flexibility index (Phi) is 3.92. The molecule has 0 bridgehead atoms. The third kappa shape index (κ3) is 2.80. The summed E-state index contributed by atoms with van der Waals surface area (Å²) in [5.74, 6) is 0.676. The van der Waals surface area contributed by atoms with Gasteiger partial charge >= 0.3 is 5.97 Å². The Morgan fingerprint density at radius 3 is 3.05 bits per heavy atom. The maximum Gasteiger partial charge on any atom is 0.304 e. The van der Waals surface area contributed by atoms with Gasteiger partial charge in [0.1, 0.15) is 5.75 Å². The lowest BCUT2D eigenvalue weighted by molar-refractivity contribution is -0.138. The SMILES string of the molecule is O=C(O)CC1CCCCN1CC1COc2ccccc21. The molecule has 2 aliphatic rings. The molecule has 1 fully saturated rings. The molecule has 20 heavy (non-hydrogen) atoms. The van der Waals surface area contributed by atoms with Crippen LogP contribution in [0.4, 0.5) is 0 Å². The van der Waals surface area contributed by atoms with E-state index in [1.807, 2.05) is 18.2 Å². The summed E-state index contributed by atoms with van der Waals surface area (Å²) in [6.07, 6.45) is 3.58. The van der Waals surface area contributed by atoms with Crippen LogP contribution in [-0.2, 0) is 4.79 Å². The second-order valence-electron chi connectivity index (χ2n) is 5.79. The first-order chi connectivity index (χ1) is 9.74. The predicted molar refractivity (Wildman–Crippen MR) is 76.1 cm³/mol. The molecule has 4 heteroatoms. The van der Waals surface area contributed by atoms with Crippen molar-refractivity contribution in [2.24, 2.45) is 0 Å². The molecule has 0 spiro atoms. The lowest BCUT2D eigenvalue weighted by Gasteiger charge is -2.36. The smallest absolute Gasteiger partial charge is 0.304 e. The Bertz CT molecular complexity index is 488. The Morgan fingerprint density at radius 2 is 2.20 bits per heavy atom. The third-order valence-electron chi connectivity index (χ3n) is 4.41. The van der Waals surface area contributed by atoms with Gasteiger partial charge in [-0.05, 0) is 25.5 Å². The Morgan fingerprint density at radius 1 is 1.35 bits per heavy atom. The molecule has 1 saturated heterocycles. The number of fused-ring (bicyclic) bond motifs is 1. The molecule has 1 aromatic rings. The van der Waals surface area contributed by atoms with E-state index in [9.17, 15) is 4.79 Å². The van der Waals surface area contributed by atoms with Gasteiger partial charge in [0.15, 0.2) is 0 Å². The first-order valence-electron chi connectivity index (χ1n) is 7.41. The summed E-state index contributed by atoms with van der Waals surface area (Å²) in [7, 11) is 0. The fourth-order valence-corrected chi connectivity index (χ4v) is 3.40. The van der Waals surface area contributed by atoms with Crippen molar-refractivity contribution in [3.05, 3.63) is 29.8 Å². The van der Waals surface area contributed by atoms with Gasteiger partial charge in [-0.2, -0.15) is 0 Å². The Labute approximate surface area is 119 Å². The average Bonchev–Trinajstić information content (AvgIpc) is 2.84. The van der Waals surface area contributed by atoms with Crippen molar-refractivity contribution in [1.82, 2.24) is 4.90 Å². The van der Waals surface area contributed by atoms with Crippen LogP contribution < -0.4 is 4.74 Å². The highest BCUT2D eigenvalue weighted by molar-refractivity contribution is 5.67. The molecule has 1 aromatic carbocycles. The summed E-state index contributed by atoms with van der Waals surface area (Å²) in [5.41, 5.74) is 1.27. The van der Waals surface area contributed by atoms with Gasteiger partial charge in [0.25, 0.3) is 0 Å². The molecule has 2 atom stereocenters. The van der Waals surface area contributed by atoms with E-state index in [1.165, 1.54) is 12.0 Å². The summed E-state index contributed by atoms with van der Waals surface area (Å²) >= 11 is 0. The van der Waals surface area contributed by atoms with Crippen LogP contribution in [0, 0.1) is 0 Å². The molecule has 0 saturated carbocycles. The minimum Gasteiger partial charge on any atom is -0.493 e. The number of rotatable bonds is 4. The number of likely N-dealkylation sites (tertiary alicyclic amines) is 1. The van der Waals surface area contributed by atoms with Crippen molar-refractivity contribution < 1.29 is 14.6 Å². The highest BCUT2D eigenvalue weighted by Crippen LogP contribution is 2.35. The van der Waals surface area contributed by atoms with E-state index < -0.39 is 5.97 Å². The predicted octanol–water partition coefficient (Wildman–Crippen LogP) is 2.49. The fourth-order valence-electron chi connectivity index (χ4n) is 3.40. The minimum absolute atomic E-state index is 0.189. The van der Waals surface area contributed by atoms with E-state index in [-0.39, 0.29) is 12.5 Å². The number of piperidine rings is 1. The molecule has 1 N–H and O–H groups in total. The molecular weight excluding hydrogens is 254 g/mol. The molecule has 2 heterocycles. The maximum absolute atomic E-state index is 11.0. The molecule has 0 aromatic heterocycles. The van der Waals surface area contributed by atoms with Crippen molar-refractivity contribution in [3.8, 4) is 5.75 Å². The first kappa shape index (κ1) is 13.4. The number of hydrogen-bond donors (Lipinski definition) is 1. The largest absolute Gasteiger partial charge is 0.493 e. The summed E-state index contributed by atoms with van der Waals surface area (Å²) in [4.78, 5) is 13.4. The molecular formula is C16H21NO3. The summed E-state index contributed by atoms with van der Waals surface area (Å²) in [6, 6.07) is 8.37. The zero-order chi connectivity index (χ0) is 13.9. The lowest BCUT2D eigenvalue weighted by atomic mass is 9.95. The van der Waals surface area contributed by atoms with Crippen LogP contribution in [0.2, 0.25) is 0 Å². The van der Waals surface area contributed by atoms with E-state index >= 15 is 0 Å². The van der Waals surface area contributed by atoms with Crippen molar-refractivity contribution >= 4 is 5.97 Å². The van der Waals surface area contributed by atoms with Crippen LogP contribution in [0.25, 0.3) is 0 Å². The van der Waals surface area contributed by atoms with Crippen LogP contribution in [-0.4, -0.2) is 41.7 Å². The molecule has 2 aliphatic heterocycles. The van der Waals surface area contributed by atoms with Crippen molar-refractivity contribution in [2.75, 3.05) is 19.7 Å². The van der Waals surface area contributed by atoms with E-state index in [2.05, 4.69) is 11.0 Å². The van der Waals surface area contributed by atoms with Crippen LogP contribution in [0.15, 0.2) is 24.3 Å². The number of carbonyl (C=O) groups is 1. The quantitative estimate of drug-likeness (QED) is 0.917. The number of aliphatic carboxylic acids is 1. The average molecular weight is 275 g/mol. The number of nitrogens with zero attached hydrogens (tertiary/aromatic N) is 1. The normalized spacial score (nSPS) is 26.0. The lowest BCUT2D eigenvalue weighted by Crippen LogP contribution is -2.43. The molecule has 0 radical (unpaired) electrons. The zero-order valence-corrected chi connectivity index (χ0v) is 11.6. The van der Waals surface area contributed by atoms with E-state index in [0.717, 1.165) is 38.3 Å². The van der Waals surface area contributed by atoms with Gasteiger partial charge in [-0.3, -0.25) is 9.69 Å². The van der Waals surface area contributed by atoms with E-state index in [0.29, 0.717) is 5.92 Å². The molecule has 2 unspecified atom stereocenters. The minimum atomic E-state index is -0.690. The highest BCUT2D eigenvalue weighted by atomic mass is 16.5. The molecule has 0 amide bonds. The molecule has 0 aliphatic carbocycles. The van der Waals surface area contributed by atoms with Crippen molar-refractivity contribution in [1.29, 1.82) is 0 Å². The molecule has 3 rings (SSSR count). The fraction of sp³-hybridized carbons (Fsp3) is 0.562. The summed E-state index contributed by atoms with van der Waals surface area (Å²) in [5, 5.41) is 9.05. The van der Waals surface area contributed by atoms with Crippen LogP contribution in [0.1, 0.15) is 37.2 Å². The third-order valence-corrected chi connectivity index (χ3v) is 4.41. The number of benzene rings is 1. The summed E-state index contributed by atoms with van der Waals surface area (Å²) < 4.78 is 5.73. The number of hydrogen-bond acceptors (Lipinski definition) is 3. The number of carboxylic acid groups (broad SMARTS) is 1. The Balaban J connectivity index is 1.68. The van der Waals surface area contributed by atoms with Crippen molar-refractivity contribution in [3.63, 3.8) is 0 Å². The van der Waals surface area contributed by atoms with E-state index in [1.54, 1.807) is 0 Å². The molecule has 108 valence electrons. The van der Waals surface area contributed by atoms with Gasteiger partial charge in [0.05, 0.1) is 13.0 Å². The second-order valence-corrected chi connectivity index (χ2v) is 5.79. The first-order valence-corrected chi connectivity index (χ1v) is 7.41. The van der Waals surface area contributed by atoms with Gasteiger partial charge < -0.3 is 9.84 Å². The zero-order valence-electron chi connectivity index (χ0n) is 11.6. The van der Waals surface area contributed by atoms with Crippen molar-refractivity contribution in [2.45, 2.75) is 37.6 Å². The standard InChI is InChI=1S/C16H21NO3/c18-16(19)9-13-5-3-4-8-17(13)10-12-11-20-15-7-2-1-6-14(12)15/h1-2,6-7,12-13H,3-5,8-11H2,(H,18,19). The number of ether oxygens (including phenoxy) is 1. The Hall–Kier alpha value is -1.55. The van der Waals surface area contributed by atoms with Crippen LogP contribution in [0.5, 0.6) is 5.75 Å². The van der Waals surface area contributed by atoms with Gasteiger partial charge in [-0.25, -0.2) is 0 Å². The highest BCUT2D eigenvalue weighted by Gasteiger charge is 2.30. The van der Waals surface area contributed by atoms with Gasteiger partial charge in [0, 0.05) is 24.1 Å².